The number of epoxide rings is 1. The van der Waals surface area contributed by atoms with Gasteiger partial charge in [-0.25, -0.2) is 0 Å². The van der Waals surface area contributed by atoms with Gasteiger partial charge in [-0.15, -0.1) is 0 Å². The summed E-state index contributed by atoms with van der Waals surface area (Å²) < 4.78 is 5.23. The highest BCUT2D eigenvalue weighted by atomic mass is 16.6. The first-order valence-electron chi connectivity index (χ1n) is 7.01. The molecule has 1 N–H and O–H groups in total. The molecule has 1 aromatic rings. The highest BCUT2D eigenvalue weighted by Crippen LogP contribution is 2.15. The van der Waals surface area contributed by atoms with Crippen LogP contribution in [0.25, 0.3) is 0 Å². The van der Waals surface area contributed by atoms with Gasteiger partial charge in [0.1, 0.15) is 0 Å². The molecular weight excluding hydrogens is 224 g/mol. The van der Waals surface area contributed by atoms with Crippen LogP contribution in [0.4, 0.5) is 0 Å². The summed E-state index contributed by atoms with van der Waals surface area (Å²) in [5.41, 5.74) is 1.43. The Labute approximate surface area is 109 Å². The fourth-order valence-corrected chi connectivity index (χ4v) is 2.62. The molecule has 2 heterocycles. The third kappa shape index (κ3) is 3.55. The molecule has 1 atom stereocenters. The molecule has 0 aliphatic carbocycles. The van der Waals surface area contributed by atoms with Gasteiger partial charge in [0.05, 0.1) is 12.7 Å². The molecule has 0 aromatic heterocycles. The third-order valence-electron chi connectivity index (χ3n) is 3.87. The average molecular weight is 246 g/mol. The van der Waals surface area contributed by atoms with E-state index in [0.29, 0.717) is 12.1 Å². The summed E-state index contributed by atoms with van der Waals surface area (Å²) >= 11 is 0. The van der Waals surface area contributed by atoms with Crippen molar-refractivity contribution in [1.29, 1.82) is 0 Å². The molecule has 3 nitrogen and oxygen atoms in total. The van der Waals surface area contributed by atoms with E-state index < -0.39 is 0 Å². The lowest BCUT2D eigenvalue weighted by molar-refractivity contribution is 0.189. The van der Waals surface area contributed by atoms with Gasteiger partial charge in [-0.2, -0.15) is 0 Å². The van der Waals surface area contributed by atoms with Gasteiger partial charge >= 0.3 is 0 Å². The van der Waals surface area contributed by atoms with E-state index in [2.05, 4.69) is 40.5 Å². The van der Waals surface area contributed by atoms with Crippen molar-refractivity contribution in [2.45, 2.75) is 31.5 Å². The second kappa shape index (κ2) is 5.83. The largest absolute Gasteiger partial charge is 0.372 e. The fourth-order valence-electron chi connectivity index (χ4n) is 2.62. The van der Waals surface area contributed by atoms with Crippen molar-refractivity contribution in [3.05, 3.63) is 35.9 Å². The Morgan fingerprint density at radius 1 is 1.17 bits per heavy atom. The molecule has 2 fully saturated rings. The van der Waals surface area contributed by atoms with E-state index >= 15 is 0 Å². The zero-order valence-corrected chi connectivity index (χ0v) is 10.8. The first-order chi connectivity index (χ1) is 8.90. The van der Waals surface area contributed by atoms with Crippen LogP contribution in [0.5, 0.6) is 0 Å². The molecule has 0 bridgehead atoms. The number of rotatable bonds is 5. The number of hydrogen-bond acceptors (Lipinski definition) is 3. The molecule has 1 unspecified atom stereocenters. The highest BCUT2D eigenvalue weighted by molar-refractivity contribution is 5.14. The number of likely N-dealkylation sites (tertiary alicyclic amines) is 1. The number of nitrogens with zero attached hydrogens (tertiary/aromatic N) is 1. The van der Waals surface area contributed by atoms with Crippen molar-refractivity contribution in [3.63, 3.8) is 0 Å². The van der Waals surface area contributed by atoms with Crippen molar-refractivity contribution in [2.24, 2.45) is 0 Å². The SMILES string of the molecule is c1ccc(CN2CCC(NCC3CO3)CC2)cc1. The van der Waals surface area contributed by atoms with Gasteiger partial charge in [0.2, 0.25) is 0 Å². The van der Waals surface area contributed by atoms with Crippen molar-refractivity contribution in [1.82, 2.24) is 10.2 Å². The van der Waals surface area contributed by atoms with Gasteiger partial charge in [-0.05, 0) is 31.5 Å². The number of piperidine rings is 1. The maximum Gasteiger partial charge on any atom is 0.0934 e. The molecule has 0 saturated carbocycles. The van der Waals surface area contributed by atoms with E-state index in [9.17, 15) is 0 Å². The van der Waals surface area contributed by atoms with Crippen LogP contribution < -0.4 is 5.32 Å². The Hall–Kier alpha value is -0.900. The number of nitrogens with one attached hydrogen (secondary N) is 1. The minimum atomic E-state index is 0.507. The van der Waals surface area contributed by atoms with Gasteiger partial charge in [0, 0.05) is 19.1 Å². The minimum Gasteiger partial charge on any atom is -0.372 e. The molecule has 3 heteroatoms. The summed E-state index contributed by atoms with van der Waals surface area (Å²) in [7, 11) is 0. The summed E-state index contributed by atoms with van der Waals surface area (Å²) in [6.45, 7) is 5.51. The predicted octanol–water partition coefficient (Wildman–Crippen LogP) is 1.64. The predicted molar refractivity (Wildman–Crippen MR) is 72.5 cm³/mol. The topological polar surface area (TPSA) is 27.8 Å². The van der Waals surface area contributed by atoms with Crippen LogP contribution in [0.2, 0.25) is 0 Å². The van der Waals surface area contributed by atoms with Gasteiger partial charge in [0.15, 0.2) is 0 Å². The molecule has 0 amide bonds. The lowest BCUT2D eigenvalue weighted by atomic mass is 10.0. The number of benzene rings is 1. The lowest BCUT2D eigenvalue weighted by Gasteiger charge is -2.32. The van der Waals surface area contributed by atoms with Gasteiger partial charge in [-0.3, -0.25) is 4.90 Å². The summed E-state index contributed by atoms with van der Waals surface area (Å²) in [4.78, 5) is 2.56. The van der Waals surface area contributed by atoms with E-state index in [1.165, 1.54) is 31.5 Å². The molecule has 18 heavy (non-hydrogen) atoms. The maximum absolute atomic E-state index is 5.23. The Morgan fingerprint density at radius 3 is 2.56 bits per heavy atom. The maximum atomic E-state index is 5.23. The quantitative estimate of drug-likeness (QED) is 0.800. The molecule has 2 saturated heterocycles. The van der Waals surface area contributed by atoms with Crippen LogP contribution in [-0.2, 0) is 11.3 Å². The van der Waals surface area contributed by atoms with Crippen LogP contribution in [0.1, 0.15) is 18.4 Å². The van der Waals surface area contributed by atoms with Gasteiger partial charge < -0.3 is 10.1 Å². The summed E-state index contributed by atoms with van der Waals surface area (Å²) in [5, 5.41) is 3.62. The summed E-state index contributed by atoms with van der Waals surface area (Å²) in [6.07, 6.45) is 3.03. The molecule has 0 spiro atoms. The van der Waals surface area contributed by atoms with Gasteiger partial charge in [-0.1, -0.05) is 30.3 Å². The molecular formula is C15H22N2O. The Bertz CT molecular complexity index is 356. The Balaban J connectivity index is 1.39. The second-order valence-corrected chi connectivity index (χ2v) is 5.40. The van der Waals surface area contributed by atoms with Crippen molar-refractivity contribution < 1.29 is 4.74 Å². The smallest absolute Gasteiger partial charge is 0.0934 e. The van der Waals surface area contributed by atoms with Crippen LogP contribution in [0.3, 0.4) is 0 Å². The monoisotopic (exact) mass is 246 g/mol. The zero-order valence-electron chi connectivity index (χ0n) is 10.8. The van der Waals surface area contributed by atoms with E-state index in [1.807, 2.05) is 0 Å². The van der Waals surface area contributed by atoms with Crippen molar-refractivity contribution in [3.8, 4) is 0 Å². The summed E-state index contributed by atoms with van der Waals surface area (Å²) in [5.74, 6) is 0. The number of hydrogen-bond donors (Lipinski definition) is 1. The fraction of sp³-hybridized carbons (Fsp3) is 0.600. The van der Waals surface area contributed by atoms with Crippen LogP contribution in [-0.4, -0.2) is 43.3 Å². The first-order valence-corrected chi connectivity index (χ1v) is 7.01. The van der Waals surface area contributed by atoms with Crippen LogP contribution in [0.15, 0.2) is 30.3 Å². The number of ether oxygens (including phenoxy) is 1. The first kappa shape index (κ1) is 12.2. The minimum absolute atomic E-state index is 0.507. The second-order valence-electron chi connectivity index (χ2n) is 5.40. The zero-order chi connectivity index (χ0) is 12.2. The third-order valence-corrected chi connectivity index (χ3v) is 3.87. The van der Waals surface area contributed by atoms with Crippen molar-refractivity contribution >= 4 is 0 Å². The molecule has 2 aliphatic rings. The summed E-state index contributed by atoms with van der Waals surface area (Å²) in [6, 6.07) is 11.5. The molecule has 3 rings (SSSR count). The molecule has 0 radical (unpaired) electrons. The van der Waals surface area contributed by atoms with Crippen molar-refractivity contribution in [2.75, 3.05) is 26.2 Å². The van der Waals surface area contributed by atoms with Crippen LogP contribution >= 0.6 is 0 Å². The molecule has 2 aliphatic heterocycles. The van der Waals surface area contributed by atoms with E-state index in [-0.39, 0.29) is 0 Å². The van der Waals surface area contributed by atoms with Crippen LogP contribution in [0, 0.1) is 0 Å². The van der Waals surface area contributed by atoms with Gasteiger partial charge in [0.25, 0.3) is 0 Å². The van der Waals surface area contributed by atoms with E-state index in [0.717, 1.165) is 19.7 Å². The standard InChI is InChI=1S/C15H22N2O/c1-2-4-13(5-3-1)11-17-8-6-14(7-9-17)16-10-15-12-18-15/h1-5,14-16H,6-12H2. The average Bonchev–Trinajstić information content (AvgIpc) is 3.23. The Morgan fingerprint density at radius 2 is 1.89 bits per heavy atom. The molecule has 98 valence electrons. The normalized spacial score (nSPS) is 25.2. The van der Waals surface area contributed by atoms with E-state index in [1.54, 1.807) is 0 Å². The highest BCUT2D eigenvalue weighted by Gasteiger charge is 2.25. The van der Waals surface area contributed by atoms with E-state index in [4.69, 9.17) is 4.74 Å². The Kier molecular flexibility index (Phi) is 3.93. The lowest BCUT2D eigenvalue weighted by Crippen LogP contribution is -2.43. The molecule has 1 aromatic carbocycles.